The predicted octanol–water partition coefficient (Wildman–Crippen LogP) is 15.2. The number of allylic oxidation sites excluding steroid dienone is 10. The molecule has 14 heteroatoms. The van der Waals surface area contributed by atoms with Crippen molar-refractivity contribution in [3.05, 3.63) is 60.8 Å². The molecule has 2 saturated heterocycles. The molecule has 0 aromatic heterocycles. The molecule has 1 amide bonds. The number of amides is 1. The van der Waals surface area contributed by atoms with Gasteiger partial charge in [-0.25, -0.2) is 0 Å². The zero-order valence-corrected chi connectivity index (χ0v) is 56.0. The van der Waals surface area contributed by atoms with Crippen molar-refractivity contribution in [3.63, 3.8) is 0 Å². The van der Waals surface area contributed by atoms with Crippen LogP contribution in [-0.4, -0.2) is 140 Å². The molecule has 514 valence electrons. The van der Waals surface area contributed by atoms with Gasteiger partial charge in [0.1, 0.15) is 48.8 Å². The first-order chi connectivity index (χ1) is 43.1. The Hall–Kier alpha value is -2.31. The molecule has 9 N–H and O–H groups in total. The normalized spacial score (nSPS) is 23.5. The van der Waals surface area contributed by atoms with E-state index >= 15 is 0 Å². The maximum Gasteiger partial charge on any atom is 0.220 e. The molecule has 88 heavy (non-hydrogen) atoms. The summed E-state index contributed by atoms with van der Waals surface area (Å²) in [4.78, 5) is 13.4. The standard InChI is InChI=1S/C74H135NO13/c1-3-5-7-9-11-13-15-17-19-21-23-25-27-29-30-31-32-34-36-38-40-42-44-46-48-50-52-54-56-58-66(79)75-62(61-85-73-71(84)69(82)72(65(60-77)87-73)88-74-70(83)68(81)67(80)64(59-76)86-74)63(78)57-55-53-51-49-47-45-43-41-39-37-35-33-28-26-24-22-20-18-16-14-12-10-8-6-4-2/h5,7,11,13,17,19,23,25,29-30,62-65,67-74,76-78,80-84H,3-4,6,8-10,12,14-16,18,20-22,24,26-28,31-61H2,1-2H3,(H,75,79)/b7-5-,13-11-,19-17-,25-23-,30-29-. The number of hydrogen-bond donors (Lipinski definition) is 9. The first-order valence-electron chi connectivity index (χ1n) is 36.5. The fourth-order valence-corrected chi connectivity index (χ4v) is 12.0. The van der Waals surface area contributed by atoms with Crippen molar-refractivity contribution in [3.8, 4) is 0 Å². The van der Waals surface area contributed by atoms with Crippen LogP contribution in [0.5, 0.6) is 0 Å². The number of nitrogens with one attached hydrogen (secondary N) is 1. The van der Waals surface area contributed by atoms with Crippen molar-refractivity contribution >= 4 is 5.91 Å². The summed E-state index contributed by atoms with van der Waals surface area (Å²) in [5, 5.41) is 87.7. The second-order valence-corrected chi connectivity index (χ2v) is 25.7. The molecular formula is C74H135NO13. The van der Waals surface area contributed by atoms with E-state index in [9.17, 15) is 45.6 Å². The first kappa shape index (κ1) is 81.8. The molecule has 0 aliphatic carbocycles. The highest BCUT2D eigenvalue weighted by molar-refractivity contribution is 5.76. The van der Waals surface area contributed by atoms with Crippen LogP contribution in [0, 0.1) is 0 Å². The van der Waals surface area contributed by atoms with Gasteiger partial charge in [-0.15, -0.1) is 0 Å². The zero-order chi connectivity index (χ0) is 63.8. The lowest BCUT2D eigenvalue weighted by Crippen LogP contribution is -2.65. The second-order valence-electron chi connectivity index (χ2n) is 25.7. The second kappa shape index (κ2) is 58.5. The summed E-state index contributed by atoms with van der Waals surface area (Å²) < 4.78 is 22.9. The summed E-state index contributed by atoms with van der Waals surface area (Å²) in [5.41, 5.74) is 0. The third-order valence-electron chi connectivity index (χ3n) is 17.7. The minimum Gasteiger partial charge on any atom is -0.394 e. The third-order valence-corrected chi connectivity index (χ3v) is 17.7. The van der Waals surface area contributed by atoms with Gasteiger partial charge in [0.2, 0.25) is 5.91 Å². The Morgan fingerprint density at radius 2 is 0.784 bits per heavy atom. The molecule has 12 unspecified atom stereocenters. The highest BCUT2D eigenvalue weighted by Crippen LogP contribution is 2.30. The van der Waals surface area contributed by atoms with E-state index in [-0.39, 0.29) is 12.5 Å². The molecule has 2 aliphatic heterocycles. The first-order valence-corrected chi connectivity index (χ1v) is 36.5. The Balaban J connectivity index is 1.65. The molecule has 0 radical (unpaired) electrons. The van der Waals surface area contributed by atoms with E-state index in [0.717, 1.165) is 83.5 Å². The summed E-state index contributed by atoms with van der Waals surface area (Å²) >= 11 is 0. The van der Waals surface area contributed by atoms with Crippen LogP contribution in [-0.2, 0) is 23.7 Å². The zero-order valence-electron chi connectivity index (χ0n) is 56.0. The lowest BCUT2D eigenvalue weighted by molar-refractivity contribution is -0.359. The highest BCUT2D eigenvalue weighted by atomic mass is 16.7. The van der Waals surface area contributed by atoms with Crippen LogP contribution >= 0.6 is 0 Å². The monoisotopic (exact) mass is 1250 g/mol. The fraction of sp³-hybridized carbons (Fsp3) is 0.851. The van der Waals surface area contributed by atoms with Crippen molar-refractivity contribution in [2.24, 2.45) is 0 Å². The summed E-state index contributed by atoms with van der Waals surface area (Å²) in [6.45, 7) is 2.79. The van der Waals surface area contributed by atoms with E-state index in [1.165, 1.54) is 199 Å². The average molecular weight is 1250 g/mol. The maximum atomic E-state index is 13.4. The summed E-state index contributed by atoms with van der Waals surface area (Å²) in [6, 6.07) is -0.833. The van der Waals surface area contributed by atoms with E-state index in [4.69, 9.17) is 18.9 Å². The van der Waals surface area contributed by atoms with Gasteiger partial charge in [0.05, 0.1) is 32.0 Å². The van der Waals surface area contributed by atoms with Crippen molar-refractivity contribution in [1.29, 1.82) is 0 Å². The van der Waals surface area contributed by atoms with Crippen LogP contribution in [0.1, 0.15) is 309 Å². The van der Waals surface area contributed by atoms with Gasteiger partial charge in [-0.1, -0.05) is 306 Å². The molecule has 2 heterocycles. The van der Waals surface area contributed by atoms with E-state index in [1.807, 2.05) is 0 Å². The van der Waals surface area contributed by atoms with Crippen LogP contribution < -0.4 is 5.32 Å². The number of ether oxygens (including phenoxy) is 4. The number of aliphatic hydroxyl groups excluding tert-OH is 8. The van der Waals surface area contributed by atoms with E-state index in [0.29, 0.717) is 12.8 Å². The topological polar surface area (TPSA) is 228 Å². The van der Waals surface area contributed by atoms with E-state index in [1.54, 1.807) is 0 Å². The molecule has 0 spiro atoms. The molecule has 0 aromatic rings. The molecule has 2 aliphatic rings. The van der Waals surface area contributed by atoms with Crippen LogP contribution in [0.2, 0.25) is 0 Å². The minimum atomic E-state index is -1.78. The van der Waals surface area contributed by atoms with Crippen LogP contribution in [0.25, 0.3) is 0 Å². The molecule has 12 atom stereocenters. The van der Waals surface area contributed by atoms with Gasteiger partial charge in [0.15, 0.2) is 12.6 Å². The Morgan fingerprint density at radius 1 is 0.420 bits per heavy atom. The van der Waals surface area contributed by atoms with Gasteiger partial charge in [-0.05, 0) is 57.8 Å². The summed E-state index contributed by atoms with van der Waals surface area (Å²) in [6.07, 6.45) is 60.9. The Kier molecular flexibility index (Phi) is 54.4. The third kappa shape index (κ3) is 42.0. The quantitative estimate of drug-likeness (QED) is 0.0204. The van der Waals surface area contributed by atoms with Gasteiger partial charge < -0.3 is 65.1 Å². The van der Waals surface area contributed by atoms with Crippen LogP contribution in [0.15, 0.2) is 60.8 Å². The average Bonchev–Trinajstić information content (AvgIpc) is 2.07. The Bertz CT molecular complexity index is 1710. The van der Waals surface area contributed by atoms with Crippen LogP contribution in [0.3, 0.4) is 0 Å². The van der Waals surface area contributed by atoms with Crippen molar-refractivity contribution < 1.29 is 64.6 Å². The SMILES string of the molecule is CC/C=C\C/C=C\C/C=C\C/C=C\C/C=C\CCCCCCCCCCCCCCCC(=O)NC(COC1OC(CO)C(OC2OC(CO)C(O)C(O)C2O)C(O)C1O)C(O)CCCCCCCCCCCCCCCCCCCCCCCCCCC. The summed E-state index contributed by atoms with van der Waals surface area (Å²) in [7, 11) is 0. The molecule has 2 fully saturated rings. The fourth-order valence-electron chi connectivity index (χ4n) is 12.0. The van der Waals surface area contributed by atoms with Gasteiger partial charge >= 0.3 is 0 Å². The van der Waals surface area contributed by atoms with E-state index < -0.39 is 86.8 Å². The highest BCUT2D eigenvalue weighted by Gasteiger charge is 2.51. The molecule has 0 bridgehead atoms. The number of rotatable bonds is 60. The minimum absolute atomic E-state index is 0.206. The number of hydrogen-bond acceptors (Lipinski definition) is 13. The van der Waals surface area contributed by atoms with Crippen molar-refractivity contribution in [2.75, 3.05) is 19.8 Å². The van der Waals surface area contributed by atoms with Crippen molar-refractivity contribution in [2.45, 2.75) is 383 Å². The van der Waals surface area contributed by atoms with Crippen LogP contribution in [0.4, 0.5) is 0 Å². The maximum absolute atomic E-state index is 13.4. The smallest absolute Gasteiger partial charge is 0.220 e. The Labute approximate surface area is 536 Å². The lowest BCUT2D eigenvalue weighted by atomic mass is 9.97. The van der Waals surface area contributed by atoms with Gasteiger partial charge in [-0.3, -0.25) is 4.79 Å². The predicted molar refractivity (Wildman–Crippen MR) is 360 cm³/mol. The number of aliphatic hydroxyl groups is 8. The molecule has 0 saturated carbocycles. The number of carbonyl (C=O) groups excluding carboxylic acids is 1. The largest absolute Gasteiger partial charge is 0.394 e. The molecule has 2 rings (SSSR count). The molecular weight excluding hydrogens is 1110 g/mol. The lowest BCUT2D eigenvalue weighted by Gasteiger charge is -2.46. The van der Waals surface area contributed by atoms with Gasteiger partial charge in [-0.2, -0.15) is 0 Å². The Morgan fingerprint density at radius 3 is 1.20 bits per heavy atom. The molecule has 14 nitrogen and oxygen atoms in total. The number of unbranched alkanes of at least 4 members (excludes halogenated alkanes) is 37. The van der Waals surface area contributed by atoms with Gasteiger partial charge in [0.25, 0.3) is 0 Å². The van der Waals surface area contributed by atoms with E-state index in [2.05, 4.69) is 79.9 Å². The van der Waals surface area contributed by atoms with Gasteiger partial charge in [0, 0.05) is 6.42 Å². The summed E-state index contributed by atoms with van der Waals surface area (Å²) in [5.74, 6) is -0.206. The van der Waals surface area contributed by atoms with Crippen molar-refractivity contribution in [1.82, 2.24) is 5.32 Å². The number of carbonyl (C=O) groups is 1. The molecule has 0 aromatic carbocycles.